The molecule has 1 nitrogen and oxygen atoms in total. The van der Waals surface area contributed by atoms with Gasteiger partial charge in [-0.05, 0) is 43.2 Å². The summed E-state index contributed by atoms with van der Waals surface area (Å²) in [5, 5.41) is 0. The first-order valence-corrected chi connectivity index (χ1v) is 6.82. The van der Waals surface area contributed by atoms with E-state index in [1.54, 1.807) is 11.3 Å². The fourth-order valence-corrected chi connectivity index (χ4v) is 2.77. The minimum atomic E-state index is 0.111. The third-order valence-corrected chi connectivity index (χ3v) is 4.16. The van der Waals surface area contributed by atoms with Crippen LogP contribution in [0, 0.1) is 6.92 Å². The highest BCUT2D eigenvalue weighted by atomic mass is 79.9. The predicted octanol–water partition coefficient (Wildman–Crippen LogP) is 4.06. The molecule has 0 fully saturated rings. The van der Waals surface area contributed by atoms with E-state index in [0.29, 0.717) is 0 Å². The molecule has 0 bridgehead atoms. The number of benzene rings is 1. The zero-order valence-electron chi connectivity index (χ0n) is 9.11. The van der Waals surface area contributed by atoms with E-state index in [4.69, 9.17) is 5.73 Å². The zero-order valence-corrected chi connectivity index (χ0v) is 11.5. The number of nitrogens with two attached hydrogens (primary N) is 1. The lowest BCUT2D eigenvalue weighted by molar-refractivity contribution is 0.736. The molecule has 3 heteroatoms. The van der Waals surface area contributed by atoms with Gasteiger partial charge >= 0.3 is 0 Å². The molecule has 2 N–H and O–H groups in total. The largest absolute Gasteiger partial charge is 0.323 e. The van der Waals surface area contributed by atoms with Crippen molar-refractivity contribution in [3.8, 4) is 0 Å². The third kappa shape index (κ3) is 2.94. The van der Waals surface area contributed by atoms with Gasteiger partial charge in [-0.25, -0.2) is 0 Å². The SMILES string of the molecule is Cc1ccc(C(N)Cc2ccc(Br)cc2)s1. The number of thiophene rings is 1. The molecule has 0 amide bonds. The molecule has 1 heterocycles. The van der Waals surface area contributed by atoms with Gasteiger partial charge in [-0.1, -0.05) is 28.1 Å². The molecule has 2 rings (SSSR count). The van der Waals surface area contributed by atoms with Crippen molar-refractivity contribution in [2.24, 2.45) is 5.73 Å². The van der Waals surface area contributed by atoms with Gasteiger partial charge in [0.1, 0.15) is 0 Å². The van der Waals surface area contributed by atoms with Crippen molar-refractivity contribution in [2.45, 2.75) is 19.4 Å². The molecule has 0 radical (unpaired) electrons. The molecule has 16 heavy (non-hydrogen) atoms. The zero-order chi connectivity index (χ0) is 11.5. The van der Waals surface area contributed by atoms with Gasteiger partial charge in [0.05, 0.1) is 0 Å². The van der Waals surface area contributed by atoms with Crippen LogP contribution in [0.1, 0.15) is 21.4 Å². The van der Waals surface area contributed by atoms with Crippen molar-refractivity contribution in [3.63, 3.8) is 0 Å². The van der Waals surface area contributed by atoms with Crippen LogP contribution in [0.2, 0.25) is 0 Å². The Kier molecular flexibility index (Phi) is 3.79. The Morgan fingerprint density at radius 3 is 2.44 bits per heavy atom. The fraction of sp³-hybridized carbons (Fsp3) is 0.231. The van der Waals surface area contributed by atoms with Gasteiger partial charge in [0.25, 0.3) is 0 Å². The highest BCUT2D eigenvalue weighted by molar-refractivity contribution is 9.10. The van der Waals surface area contributed by atoms with Crippen LogP contribution in [0.3, 0.4) is 0 Å². The van der Waals surface area contributed by atoms with E-state index >= 15 is 0 Å². The van der Waals surface area contributed by atoms with Crippen LogP contribution in [-0.2, 0) is 6.42 Å². The summed E-state index contributed by atoms with van der Waals surface area (Å²) in [5.74, 6) is 0. The van der Waals surface area contributed by atoms with E-state index in [0.717, 1.165) is 10.9 Å². The third-order valence-electron chi connectivity index (χ3n) is 2.50. The van der Waals surface area contributed by atoms with E-state index in [9.17, 15) is 0 Å². The monoisotopic (exact) mass is 295 g/mol. The molecule has 0 saturated carbocycles. The van der Waals surface area contributed by atoms with Crippen LogP contribution in [0.15, 0.2) is 40.9 Å². The number of hydrogen-bond acceptors (Lipinski definition) is 2. The summed E-state index contributed by atoms with van der Waals surface area (Å²) in [5.41, 5.74) is 7.46. The standard InChI is InChI=1S/C13H14BrNS/c1-9-2-7-13(16-9)12(15)8-10-3-5-11(14)6-4-10/h2-7,12H,8,15H2,1H3. The van der Waals surface area contributed by atoms with Gasteiger partial charge < -0.3 is 5.73 Å². The summed E-state index contributed by atoms with van der Waals surface area (Å²) in [4.78, 5) is 2.58. The number of rotatable bonds is 3. The van der Waals surface area contributed by atoms with E-state index in [-0.39, 0.29) is 6.04 Å². The second-order valence-corrected chi connectivity index (χ2v) is 6.12. The number of halogens is 1. The summed E-state index contributed by atoms with van der Waals surface area (Å²) >= 11 is 5.21. The Balaban J connectivity index is 2.07. The highest BCUT2D eigenvalue weighted by Gasteiger charge is 2.08. The lowest BCUT2D eigenvalue weighted by Crippen LogP contribution is -2.11. The van der Waals surface area contributed by atoms with Crippen molar-refractivity contribution >= 4 is 27.3 Å². The second-order valence-electron chi connectivity index (χ2n) is 3.89. The molecule has 1 aromatic carbocycles. The topological polar surface area (TPSA) is 26.0 Å². The van der Waals surface area contributed by atoms with Crippen LogP contribution < -0.4 is 5.73 Å². The van der Waals surface area contributed by atoms with Gasteiger partial charge in [-0.2, -0.15) is 0 Å². The number of hydrogen-bond donors (Lipinski definition) is 1. The molecule has 0 aliphatic heterocycles. The van der Waals surface area contributed by atoms with Crippen LogP contribution in [0.4, 0.5) is 0 Å². The van der Waals surface area contributed by atoms with Crippen molar-refractivity contribution in [3.05, 3.63) is 56.2 Å². The molecule has 1 unspecified atom stereocenters. The van der Waals surface area contributed by atoms with Crippen molar-refractivity contribution in [2.75, 3.05) is 0 Å². The Morgan fingerprint density at radius 2 is 1.88 bits per heavy atom. The first-order chi connectivity index (χ1) is 7.65. The van der Waals surface area contributed by atoms with Crippen molar-refractivity contribution < 1.29 is 0 Å². The van der Waals surface area contributed by atoms with Gasteiger partial charge in [-0.3, -0.25) is 0 Å². The predicted molar refractivity (Wildman–Crippen MR) is 73.8 cm³/mol. The molecule has 1 atom stereocenters. The summed E-state index contributed by atoms with van der Waals surface area (Å²) in [6.45, 7) is 2.11. The average Bonchev–Trinajstić information content (AvgIpc) is 2.68. The van der Waals surface area contributed by atoms with Crippen molar-refractivity contribution in [1.82, 2.24) is 0 Å². The van der Waals surface area contributed by atoms with Crippen LogP contribution in [0.25, 0.3) is 0 Å². The fourth-order valence-electron chi connectivity index (χ4n) is 1.63. The van der Waals surface area contributed by atoms with Crippen molar-refractivity contribution in [1.29, 1.82) is 0 Å². The van der Waals surface area contributed by atoms with Gasteiger partial charge in [0.15, 0.2) is 0 Å². The van der Waals surface area contributed by atoms with E-state index < -0.39 is 0 Å². The molecule has 0 aliphatic carbocycles. The molecule has 1 aromatic heterocycles. The molecule has 0 saturated heterocycles. The molecular weight excluding hydrogens is 282 g/mol. The Bertz CT molecular complexity index is 461. The number of aryl methyl sites for hydroxylation is 1. The summed E-state index contributed by atoms with van der Waals surface area (Å²) in [6.07, 6.45) is 0.896. The molecule has 84 valence electrons. The van der Waals surface area contributed by atoms with Crippen LogP contribution in [0.5, 0.6) is 0 Å². The highest BCUT2D eigenvalue weighted by Crippen LogP contribution is 2.24. The Labute approximate surface area is 108 Å². The first-order valence-electron chi connectivity index (χ1n) is 5.21. The molecule has 0 aliphatic rings. The van der Waals surface area contributed by atoms with Gasteiger partial charge in [0, 0.05) is 20.3 Å². The maximum absolute atomic E-state index is 6.18. The lowest BCUT2D eigenvalue weighted by atomic mass is 10.1. The molecule has 2 aromatic rings. The minimum Gasteiger partial charge on any atom is -0.323 e. The Morgan fingerprint density at radius 1 is 1.19 bits per heavy atom. The van der Waals surface area contributed by atoms with Crippen LogP contribution >= 0.6 is 27.3 Å². The normalized spacial score (nSPS) is 12.7. The molecule has 0 spiro atoms. The summed E-state index contributed by atoms with van der Waals surface area (Å²) < 4.78 is 1.11. The van der Waals surface area contributed by atoms with Gasteiger partial charge in [0.2, 0.25) is 0 Å². The van der Waals surface area contributed by atoms with E-state index in [1.807, 2.05) is 0 Å². The van der Waals surface area contributed by atoms with Gasteiger partial charge in [-0.15, -0.1) is 11.3 Å². The average molecular weight is 296 g/mol. The maximum atomic E-state index is 6.18. The minimum absolute atomic E-state index is 0.111. The molecular formula is C13H14BrNS. The van der Waals surface area contributed by atoms with Crippen LogP contribution in [-0.4, -0.2) is 0 Å². The second kappa shape index (κ2) is 5.13. The maximum Gasteiger partial charge on any atom is 0.0430 e. The quantitative estimate of drug-likeness (QED) is 0.908. The summed E-state index contributed by atoms with van der Waals surface area (Å²) in [7, 11) is 0. The smallest absolute Gasteiger partial charge is 0.0430 e. The summed E-state index contributed by atoms with van der Waals surface area (Å²) in [6, 6.07) is 12.7. The Hall–Kier alpha value is -0.640. The lowest BCUT2D eigenvalue weighted by Gasteiger charge is -2.09. The first kappa shape index (κ1) is 11.8. The van der Waals surface area contributed by atoms with E-state index in [2.05, 4.69) is 59.3 Å². The van der Waals surface area contributed by atoms with E-state index in [1.165, 1.54) is 15.3 Å².